The largest absolute Gasteiger partial charge is 0.340 e. The molecular weight excluding hydrogens is 276 g/mol. The molecule has 0 unspecified atom stereocenters. The quantitative estimate of drug-likeness (QED) is 0.796. The summed E-state index contributed by atoms with van der Waals surface area (Å²) in [5.74, 6) is -0.215. The zero-order valence-corrected chi connectivity index (χ0v) is 13.2. The Morgan fingerprint density at radius 3 is 2.20 bits per heavy atom. The normalized spacial score (nSPS) is 11.9. The first kappa shape index (κ1) is 16.7. The molecule has 0 N–H and O–H groups in total. The molecule has 0 atom stereocenters. The zero-order valence-electron chi connectivity index (χ0n) is 12.4. The van der Waals surface area contributed by atoms with Crippen LogP contribution in [-0.4, -0.2) is 49.4 Å². The van der Waals surface area contributed by atoms with Gasteiger partial charge >= 0.3 is 0 Å². The summed E-state index contributed by atoms with van der Waals surface area (Å²) in [5.41, 5.74) is 1.01. The van der Waals surface area contributed by atoms with E-state index in [0.29, 0.717) is 6.54 Å². The van der Waals surface area contributed by atoms with E-state index in [9.17, 15) is 13.2 Å². The minimum absolute atomic E-state index is 0.125. The third kappa shape index (κ3) is 4.94. The highest BCUT2D eigenvalue weighted by atomic mass is 32.2. The van der Waals surface area contributed by atoms with E-state index >= 15 is 0 Å². The van der Waals surface area contributed by atoms with Crippen LogP contribution in [0.2, 0.25) is 0 Å². The Labute approximate surface area is 121 Å². The average molecular weight is 298 g/mol. The Hall–Kier alpha value is -1.40. The molecule has 0 aliphatic heterocycles. The van der Waals surface area contributed by atoms with Crippen LogP contribution in [0.15, 0.2) is 30.3 Å². The monoisotopic (exact) mass is 298 g/mol. The number of carbonyl (C=O) groups is 1. The van der Waals surface area contributed by atoms with Crippen LogP contribution in [0.1, 0.15) is 19.4 Å². The molecule has 0 aliphatic carbocycles. The standard InChI is InChI=1S/C14H22N2O3S/c1-12(2)16(20(4,18)19)11-14(17)15(3)10-13-8-6-5-7-9-13/h5-9,12H,10-11H2,1-4H3. The molecule has 1 amide bonds. The molecule has 112 valence electrons. The van der Waals surface area contributed by atoms with E-state index in [1.807, 2.05) is 30.3 Å². The van der Waals surface area contributed by atoms with Crippen molar-refractivity contribution in [2.24, 2.45) is 0 Å². The third-order valence-corrected chi connectivity index (χ3v) is 4.38. The van der Waals surface area contributed by atoms with Crippen molar-refractivity contribution in [3.63, 3.8) is 0 Å². The topological polar surface area (TPSA) is 57.7 Å². The fraction of sp³-hybridized carbons (Fsp3) is 0.500. The first-order valence-corrected chi connectivity index (χ1v) is 8.31. The summed E-state index contributed by atoms with van der Waals surface area (Å²) >= 11 is 0. The van der Waals surface area contributed by atoms with Crippen LogP contribution in [0.4, 0.5) is 0 Å². The lowest BCUT2D eigenvalue weighted by Crippen LogP contribution is -2.44. The molecule has 0 radical (unpaired) electrons. The fourth-order valence-electron chi connectivity index (χ4n) is 1.88. The molecule has 0 heterocycles. The van der Waals surface area contributed by atoms with Crippen molar-refractivity contribution in [3.8, 4) is 0 Å². The first-order chi connectivity index (χ1) is 9.21. The smallest absolute Gasteiger partial charge is 0.237 e. The molecule has 1 aromatic carbocycles. The maximum absolute atomic E-state index is 12.1. The highest BCUT2D eigenvalue weighted by Gasteiger charge is 2.24. The Morgan fingerprint density at radius 1 is 1.20 bits per heavy atom. The second-order valence-electron chi connectivity index (χ2n) is 5.14. The SMILES string of the molecule is CC(C)N(CC(=O)N(C)Cc1ccccc1)S(C)(=O)=O. The number of likely N-dealkylation sites (N-methyl/N-ethyl adjacent to an activating group) is 1. The Bertz CT molecular complexity index is 541. The Morgan fingerprint density at radius 2 is 1.75 bits per heavy atom. The summed E-state index contributed by atoms with van der Waals surface area (Å²) in [6, 6.07) is 9.35. The van der Waals surface area contributed by atoms with Gasteiger partial charge in [0.25, 0.3) is 0 Å². The van der Waals surface area contributed by atoms with E-state index < -0.39 is 10.0 Å². The Balaban J connectivity index is 2.70. The number of hydrogen-bond donors (Lipinski definition) is 0. The maximum atomic E-state index is 12.1. The van der Waals surface area contributed by atoms with Gasteiger partial charge in [-0.1, -0.05) is 30.3 Å². The highest BCUT2D eigenvalue weighted by molar-refractivity contribution is 7.88. The molecule has 5 nitrogen and oxygen atoms in total. The minimum atomic E-state index is -3.38. The lowest BCUT2D eigenvalue weighted by Gasteiger charge is -2.26. The molecule has 0 saturated carbocycles. The van der Waals surface area contributed by atoms with Gasteiger partial charge in [-0.3, -0.25) is 4.79 Å². The van der Waals surface area contributed by atoms with Gasteiger partial charge in [-0.25, -0.2) is 8.42 Å². The van der Waals surface area contributed by atoms with Gasteiger partial charge in [0.1, 0.15) is 0 Å². The minimum Gasteiger partial charge on any atom is -0.340 e. The summed E-state index contributed by atoms with van der Waals surface area (Å²) in [6.07, 6.45) is 1.12. The first-order valence-electron chi connectivity index (χ1n) is 6.46. The fourth-order valence-corrected chi connectivity index (χ4v) is 2.99. The summed E-state index contributed by atoms with van der Waals surface area (Å²) in [4.78, 5) is 13.7. The van der Waals surface area contributed by atoms with Crippen LogP contribution in [0.5, 0.6) is 0 Å². The molecule has 0 saturated heterocycles. The second kappa shape index (κ2) is 6.85. The van der Waals surface area contributed by atoms with Gasteiger partial charge in [0, 0.05) is 19.6 Å². The number of benzene rings is 1. The van der Waals surface area contributed by atoms with Gasteiger partial charge < -0.3 is 4.90 Å². The van der Waals surface area contributed by atoms with E-state index in [-0.39, 0.29) is 18.5 Å². The Kier molecular flexibility index (Phi) is 5.71. The van der Waals surface area contributed by atoms with Gasteiger partial charge in [0.05, 0.1) is 12.8 Å². The summed E-state index contributed by atoms with van der Waals surface area (Å²) in [7, 11) is -1.70. The van der Waals surface area contributed by atoms with E-state index in [1.165, 1.54) is 9.21 Å². The van der Waals surface area contributed by atoms with E-state index in [1.54, 1.807) is 20.9 Å². The molecule has 0 spiro atoms. The molecule has 20 heavy (non-hydrogen) atoms. The lowest BCUT2D eigenvalue weighted by molar-refractivity contribution is -0.130. The number of amides is 1. The van der Waals surface area contributed by atoms with Gasteiger partial charge in [-0.05, 0) is 19.4 Å². The molecule has 1 rings (SSSR count). The maximum Gasteiger partial charge on any atom is 0.237 e. The zero-order chi connectivity index (χ0) is 15.3. The lowest BCUT2D eigenvalue weighted by atomic mass is 10.2. The van der Waals surface area contributed by atoms with Gasteiger partial charge in [0.2, 0.25) is 15.9 Å². The number of rotatable bonds is 6. The summed E-state index contributed by atoms with van der Waals surface area (Å²) < 4.78 is 24.5. The van der Waals surface area contributed by atoms with Crippen molar-refractivity contribution >= 4 is 15.9 Å². The molecule has 6 heteroatoms. The molecule has 0 fully saturated rings. The van der Waals surface area contributed by atoms with Crippen molar-refractivity contribution in [2.75, 3.05) is 19.8 Å². The van der Waals surface area contributed by atoms with Gasteiger partial charge in [-0.2, -0.15) is 4.31 Å². The molecule has 0 aromatic heterocycles. The summed E-state index contributed by atoms with van der Waals surface area (Å²) in [5, 5.41) is 0. The van der Waals surface area contributed by atoms with Crippen LogP contribution >= 0.6 is 0 Å². The summed E-state index contributed by atoms with van der Waals surface area (Å²) in [6.45, 7) is 3.85. The molecule has 0 bridgehead atoms. The number of carbonyl (C=O) groups excluding carboxylic acids is 1. The van der Waals surface area contributed by atoms with Crippen LogP contribution in [0.25, 0.3) is 0 Å². The highest BCUT2D eigenvalue weighted by Crippen LogP contribution is 2.08. The molecule has 1 aromatic rings. The second-order valence-corrected chi connectivity index (χ2v) is 7.07. The average Bonchev–Trinajstić information content (AvgIpc) is 2.34. The molecular formula is C14H22N2O3S. The van der Waals surface area contributed by atoms with Crippen molar-refractivity contribution in [2.45, 2.75) is 26.4 Å². The number of nitrogens with zero attached hydrogens (tertiary/aromatic N) is 2. The van der Waals surface area contributed by atoms with Crippen LogP contribution in [-0.2, 0) is 21.4 Å². The van der Waals surface area contributed by atoms with E-state index in [0.717, 1.165) is 11.8 Å². The van der Waals surface area contributed by atoms with Gasteiger partial charge in [-0.15, -0.1) is 0 Å². The van der Waals surface area contributed by atoms with Crippen molar-refractivity contribution in [3.05, 3.63) is 35.9 Å². The van der Waals surface area contributed by atoms with Gasteiger partial charge in [0.15, 0.2) is 0 Å². The molecule has 0 aliphatic rings. The van der Waals surface area contributed by atoms with Crippen molar-refractivity contribution < 1.29 is 13.2 Å². The van der Waals surface area contributed by atoms with Crippen LogP contribution in [0.3, 0.4) is 0 Å². The van der Waals surface area contributed by atoms with Crippen molar-refractivity contribution in [1.82, 2.24) is 9.21 Å². The third-order valence-electron chi connectivity index (χ3n) is 2.98. The number of sulfonamides is 1. The van der Waals surface area contributed by atoms with Crippen molar-refractivity contribution in [1.29, 1.82) is 0 Å². The predicted octanol–water partition coefficient (Wildman–Crippen LogP) is 1.32. The van der Waals surface area contributed by atoms with Crippen LogP contribution in [0, 0.1) is 0 Å². The van der Waals surface area contributed by atoms with Crippen LogP contribution < -0.4 is 0 Å². The predicted molar refractivity (Wildman–Crippen MR) is 79.6 cm³/mol. The van der Waals surface area contributed by atoms with E-state index in [2.05, 4.69) is 0 Å². The number of hydrogen-bond acceptors (Lipinski definition) is 3. The van der Waals surface area contributed by atoms with E-state index in [4.69, 9.17) is 0 Å².